The molecule has 0 radical (unpaired) electrons. The van der Waals surface area contributed by atoms with Gasteiger partial charge in [-0.25, -0.2) is 4.98 Å². The average molecular weight is 304 g/mol. The summed E-state index contributed by atoms with van der Waals surface area (Å²) in [5, 5.41) is 8.22. The van der Waals surface area contributed by atoms with Crippen LogP contribution in [0.5, 0.6) is 0 Å². The van der Waals surface area contributed by atoms with Gasteiger partial charge in [0.15, 0.2) is 0 Å². The van der Waals surface area contributed by atoms with Gasteiger partial charge in [0.2, 0.25) is 5.91 Å². The molecule has 1 aliphatic rings. The van der Waals surface area contributed by atoms with Gasteiger partial charge < -0.3 is 10.6 Å². The number of aromatic nitrogens is 1. The summed E-state index contributed by atoms with van der Waals surface area (Å²) in [6, 6.07) is 0. The van der Waals surface area contributed by atoms with Gasteiger partial charge in [-0.15, -0.1) is 23.7 Å². The third kappa shape index (κ3) is 5.09. The highest BCUT2D eigenvalue weighted by atomic mass is 35.5. The summed E-state index contributed by atoms with van der Waals surface area (Å²) in [6.07, 6.45) is 4.03. The summed E-state index contributed by atoms with van der Waals surface area (Å²) >= 11 is 1.55. The Morgan fingerprint density at radius 3 is 2.68 bits per heavy atom. The molecular formula is C13H22ClN3OS. The average Bonchev–Trinajstić information content (AvgIpc) is 2.67. The van der Waals surface area contributed by atoms with E-state index in [0.29, 0.717) is 12.3 Å². The first-order valence-electron chi connectivity index (χ1n) is 6.59. The molecule has 0 aromatic carbocycles. The summed E-state index contributed by atoms with van der Waals surface area (Å²) in [4.78, 5) is 16.2. The smallest absolute Gasteiger partial charge is 0.225 e. The molecule has 0 atom stereocenters. The quantitative estimate of drug-likeness (QED) is 0.899. The SMILES string of the molecule is Cc1nc(C)c(NC(=O)CCC2CCNCC2)s1.Cl. The number of nitrogens with zero attached hydrogens (tertiary/aromatic N) is 1. The molecule has 0 saturated carbocycles. The van der Waals surface area contributed by atoms with Crippen LogP contribution < -0.4 is 10.6 Å². The summed E-state index contributed by atoms with van der Waals surface area (Å²) in [6.45, 7) is 6.09. The van der Waals surface area contributed by atoms with Crippen molar-refractivity contribution >= 4 is 34.7 Å². The molecule has 0 aliphatic carbocycles. The molecule has 108 valence electrons. The van der Waals surface area contributed by atoms with Gasteiger partial charge in [0.05, 0.1) is 10.7 Å². The number of carbonyl (C=O) groups excluding carboxylic acids is 1. The Kier molecular flexibility index (Phi) is 6.75. The minimum absolute atomic E-state index is 0. The number of aryl methyl sites for hydroxylation is 2. The summed E-state index contributed by atoms with van der Waals surface area (Å²) in [7, 11) is 0. The first-order chi connectivity index (χ1) is 8.65. The maximum Gasteiger partial charge on any atom is 0.225 e. The second kappa shape index (κ2) is 7.82. The molecule has 1 aromatic rings. The van der Waals surface area contributed by atoms with Gasteiger partial charge in [-0.1, -0.05) is 0 Å². The number of nitrogens with one attached hydrogen (secondary N) is 2. The molecular weight excluding hydrogens is 282 g/mol. The van der Waals surface area contributed by atoms with E-state index in [9.17, 15) is 4.79 Å². The number of carbonyl (C=O) groups is 1. The van der Waals surface area contributed by atoms with E-state index in [4.69, 9.17) is 0 Å². The van der Waals surface area contributed by atoms with Crippen molar-refractivity contribution in [3.63, 3.8) is 0 Å². The normalized spacial score (nSPS) is 15.9. The summed E-state index contributed by atoms with van der Waals surface area (Å²) in [5.41, 5.74) is 0.924. The number of hydrogen-bond acceptors (Lipinski definition) is 4. The minimum atomic E-state index is 0. The lowest BCUT2D eigenvalue weighted by Crippen LogP contribution is -2.28. The lowest BCUT2D eigenvalue weighted by molar-refractivity contribution is -0.116. The summed E-state index contributed by atoms with van der Waals surface area (Å²) in [5.74, 6) is 0.835. The van der Waals surface area contributed by atoms with Gasteiger partial charge >= 0.3 is 0 Å². The van der Waals surface area contributed by atoms with Crippen LogP contribution in [-0.2, 0) is 4.79 Å². The summed E-state index contributed by atoms with van der Waals surface area (Å²) < 4.78 is 0. The molecule has 6 heteroatoms. The van der Waals surface area contributed by atoms with Gasteiger partial charge in [0.25, 0.3) is 0 Å². The van der Waals surface area contributed by atoms with E-state index in [1.165, 1.54) is 12.8 Å². The van der Waals surface area contributed by atoms with Crippen molar-refractivity contribution in [3.8, 4) is 0 Å². The molecule has 1 saturated heterocycles. The number of thiazole rings is 1. The molecule has 1 aliphatic heterocycles. The minimum Gasteiger partial charge on any atom is -0.317 e. The molecule has 1 fully saturated rings. The van der Waals surface area contributed by atoms with E-state index in [1.807, 2.05) is 13.8 Å². The van der Waals surface area contributed by atoms with Crippen LogP contribution in [-0.4, -0.2) is 24.0 Å². The molecule has 0 bridgehead atoms. The van der Waals surface area contributed by atoms with E-state index in [0.717, 1.165) is 35.2 Å². The molecule has 2 N–H and O–H groups in total. The third-order valence-corrected chi connectivity index (χ3v) is 4.38. The fourth-order valence-electron chi connectivity index (χ4n) is 2.34. The molecule has 4 nitrogen and oxygen atoms in total. The lowest BCUT2D eigenvalue weighted by Gasteiger charge is -2.22. The first-order valence-corrected chi connectivity index (χ1v) is 7.41. The Bertz CT molecular complexity index is 416. The molecule has 1 amide bonds. The Labute approximate surface area is 124 Å². The van der Waals surface area contributed by atoms with Crippen molar-refractivity contribution in [2.45, 2.75) is 39.5 Å². The van der Waals surface area contributed by atoms with Crippen LogP contribution in [0.4, 0.5) is 5.00 Å². The molecule has 0 spiro atoms. The standard InChI is InChI=1S/C13H21N3OS.ClH/c1-9-13(18-10(2)15-9)16-12(17)4-3-11-5-7-14-8-6-11;/h11,14H,3-8H2,1-2H3,(H,16,17);1H. The number of hydrogen-bond donors (Lipinski definition) is 2. The zero-order chi connectivity index (χ0) is 13.0. The van der Waals surface area contributed by atoms with Crippen LogP contribution in [0.2, 0.25) is 0 Å². The van der Waals surface area contributed by atoms with Crippen molar-refractivity contribution in [3.05, 3.63) is 10.7 Å². The molecule has 19 heavy (non-hydrogen) atoms. The largest absolute Gasteiger partial charge is 0.317 e. The van der Waals surface area contributed by atoms with Gasteiger partial charge in [0, 0.05) is 6.42 Å². The van der Waals surface area contributed by atoms with E-state index in [2.05, 4.69) is 15.6 Å². The van der Waals surface area contributed by atoms with E-state index < -0.39 is 0 Å². The topological polar surface area (TPSA) is 54.0 Å². The molecule has 2 heterocycles. The Hall–Kier alpha value is -0.650. The fraction of sp³-hybridized carbons (Fsp3) is 0.692. The van der Waals surface area contributed by atoms with Crippen LogP contribution in [0.3, 0.4) is 0 Å². The van der Waals surface area contributed by atoms with E-state index in [1.54, 1.807) is 11.3 Å². The Balaban J connectivity index is 0.00000180. The highest BCUT2D eigenvalue weighted by Gasteiger charge is 2.15. The highest BCUT2D eigenvalue weighted by molar-refractivity contribution is 7.16. The number of rotatable bonds is 4. The predicted octanol–water partition coefficient (Wildman–Crippen LogP) is 2.90. The van der Waals surface area contributed by atoms with E-state index in [-0.39, 0.29) is 18.3 Å². The van der Waals surface area contributed by atoms with Crippen LogP contribution >= 0.6 is 23.7 Å². The number of piperidine rings is 1. The maximum absolute atomic E-state index is 11.9. The van der Waals surface area contributed by atoms with Crippen LogP contribution in [0, 0.1) is 19.8 Å². The third-order valence-electron chi connectivity index (χ3n) is 3.39. The van der Waals surface area contributed by atoms with Crippen molar-refractivity contribution in [2.24, 2.45) is 5.92 Å². The number of anilines is 1. The van der Waals surface area contributed by atoms with Crippen LogP contribution in [0.15, 0.2) is 0 Å². The second-order valence-corrected chi connectivity index (χ2v) is 6.13. The molecule has 2 rings (SSSR count). The van der Waals surface area contributed by atoms with Gasteiger partial charge in [-0.2, -0.15) is 0 Å². The van der Waals surface area contributed by atoms with Crippen molar-refractivity contribution < 1.29 is 4.79 Å². The van der Waals surface area contributed by atoms with Crippen LogP contribution in [0.25, 0.3) is 0 Å². The molecule has 1 aromatic heterocycles. The number of amides is 1. The van der Waals surface area contributed by atoms with Gasteiger partial charge in [0.1, 0.15) is 5.00 Å². The van der Waals surface area contributed by atoms with Gasteiger partial charge in [-0.3, -0.25) is 4.79 Å². The zero-order valence-electron chi connectivity index (χ0n) is 11.5. The fourth-order valence-corrected chi connectivity index (χ4v) is 3.18. The van der Waals surface area contributed by atoms with Crippen molar-refractivity contribution in [1.29, 1.82) is 0 Å². The highest BCUT2D eigenvalue weighted by Crippen LogP contribution is 2.24. The predicted molar refractivity (Wildman–Crippen MR) is 82.3 cm³/mol. The Morgan fingerprint density at radius 1 is 1.42 bits per heavy atom. The maximum atomic E-state index is 11.9. The Morgan fingerprint density at radius 2 is 2.11 bits per heavy atom. The monoisotopic (exact) mass is 303 g/mol. The van der Waals surface area contributed by atoms with E-state index >= 15 is 0 Å². The number of halogens is 1. The van der Waals surface area contributed by atoms with Crippen molar-refractivity contribution in [1.82, 2.24) is 10.3 Å². The molecule has 0 unspecified atom stereocenters. The van der Waals surface area contributed by atoms with Gasteiger partial charge in [-0.05, 0) is 52.1 Å². The first kappa shape index (κ1) is 16.4. The van der Waals surface area contributed by atoms with Crippen molar-refractivity contribution in [2.75, 3.05) is 18.4 Å². The second-order valence-electron chi connectivity index (χ2n) is 4.93. The van der Waals surface area contributed by atoms with Crippen LogP contribution in [0.1, 0.15) is 36.4 Å². The zero-order valence-corrected chi connectivity index (χ0v) is 13.1. The lowest BCUT2D eigenvalue weighted by atomic mass is 9.93.